The molecule has 1 heterocycles. The van der Waals surface area contributed by atoms with Crippen LogP contribution in [0.3, 0.4) is 0 Å². The van der Waals surface area contributed by atoms with Crippen LogP contribution in [0.1, 0.15) is 83.5 Å². The Kier molecular flexibility index (Phi) is 8.38. The van der Waals surface area contributed by atoms with Gasteiger partial charge in [0.25, 0.3) is 0 Å². The molecule has 23 heavy (non-hydrogen) atoms. The molecule has 1 aliphatic carbocycles. The Morgan fingerprint density at radius 2 is 1.57 bits per heavy atom. The van der Waals surface area contributed by atoms with Gasteiger partial charge >= 0.3 is 0 Å². The van der Waals surface area contributed by atoms with Gasteiger partial charge in [-0.3, -0.25) is 9.69 Å². The van der Waals surface area contributed by atoms with E-state index in [-0.39, 0.29) is 11.4 Å². The zero-order valence-electron chi connectivity index (χ0n) is 15.0. The van der Waals surface area contributed by atoms with E-state index in [1.807, 2.05) is 0 Å². The largest absolute Gasteiger partial charge is 0.354 e. The lowest BCUT2D eigenvalue weighted by atomic mass is 9.79. The monoisotopic (exact) mass is 323 g/mol. The molecule has 0 aromatic rings. The Bertz CT molecular complexity index is 334. The van der Waals surface area contributed by atoms with E-state index < -0.39 is 0 Å². The molecule has 0 spiro atoms. The van der Waals surface area contributed by atoms with Crippen molar-refractivity contribution in [2.75, 3.05) is 26.2 Å². The Morgan fingerprint density at radius 3 is 2.26 bits per heavy atom. The summed E-state index contributed by atoms with van der Waals surface area (Å²) in [7, 11) is 0. The molecule has 0 radical (unpaired) electrons. The van der Waals surface area contributed by atoms with Crippen molar-refractivity contribution in [3.8, 4) is 0 Å². The lowest BCUT2D eigenvalue weighted by Gasteiger charge is -2.48. The van der Waals surface area contributed by atoms with Crippen molar-refractivity contribution >= 4 is 5.91 Å². The summed E-state index contributed by atoms with van der Waals surface area (Å²) in [5.41, 5.74) is 5.76. The minimum atomic E-state index is 0.250. The number of nitrogens with one attached hydrogen (secondary N) is 1. The van der Waals surface area contributed by atoms with Crippen LogP contribution in [-0.4, -0.2) is 42.5 Å². The third-order valence-electron chi connectivity index (χ3n) is 5.78. The average Bonchev–Trinajstić information content (AvgIpc) is 2.61. The van der Waals surface area contributed by atoms with Crippen molar-refractivity contribution in [3.05, 3.63) is 0 Å². The zero-order chi connectivity index (χ0) is 16.4. The van der Waals surface area contributed by atoms with Gasteiger partial charge in [-0.25, -0.2) is 0 Å². The average molecular weight is 324 g/mol. The summed E-state index contributed by atoms with van der Waals surface area (Å²) in [5, 5.41) is 3.28. The number of nitrogens with two attached hydrogens (primary N) is 1. The number of nitrogens with zero attached hydrogens (tertiary/aromatic N) is 1. The van der Waals surface area contributed by atoms with Gasteiger partial charge in [0, 0.05) is 18.5 Å². The molecule has 0 unspecified atom stereocenters. The van der Waals surface area contributed by atoms with E-state index in [0.717, 1.165) is 38.8 Å². The van der Waals surface area contributed by atoms with Crippen molar-refractivity contribution < 1.29 is 4.79 Å². The van der Waals surface area contributed by atoms with E-state index >= 15 is 0 Å². The molecule has 3 N–H and O–H groups in total. The number of rotatable bonds is 9. The fourth-order valence-electron chi connectivity index (χ4n) is 4.32. The van der Waals surface area contributed by atoms with Gasteiger partial charge in [0.05, 0.1) is 0 Å². The number of carbonyl (C=O) groups excluding carboxylic acids is 1. The molecule has 0 aromatic carbocycles. The molecule has 1 saturated carbocycles. The maximum absolute atomic E-state index is 12.2. The van der Waals surface area contributed by atoms with Crippen LogP contribution in [0.25, 0.3) is 0 Å². The van der Waals surface area contributed by atoms with Gasteiger partial charge in [0.2, 0.25) is 5.91 Å². The Hall–Kier alpha value is -0.610. The molecule has 1 aliphatic heterocycles. The van der Waals surface area contributed by atoms with Crippen LogP contribution < -0.4 is 11.1 Å². The second-order valence-electron chi connectivity index (χ2n) is 7.56. The van der Waals surface area contributed by atoms with Crippen molar-refractivity contribution in [1.82, 2.24) is 10.2 Å². The lowest BCUT2D eigenvalue weighted by molar-refractivity contribution is -0.122. The summed E-state index contributed by atoms with van der Waals surface area (Å²) in [6.07, 6.45) is 15.6. The number of hydrogen-bond acceptors (Lipinski definition) is 3. The van der Waals surface area contributed by atoms with Crippen LogP contribution in [0.15, 0.2) is 0 Å². The first kappa shape index (κ1) is 18.7. The van der Waals surface area contributed by atoms with Crippen LogP contribution in [0.4, 0.5) is 0 Å². The first-order chi connectivity index (χ1) is 11.3. The van der Waals surface area contributed by atoms with Gasteiger partial charge in [0.1, 0.15) is 0 Å². The lowest BCUT2D eigenvalue weighted by Crippen LogP contribution is -2.58. The van der Waals surface area contributed by atoms with Crippen molar-refractivity contribution in [3.63, 3.8) is 0 Å². The highest BCUT2D eigenvalue weighted by atomic mass is 16.1. The van der Waals surface area contributed by atoms with E-state index in [1.54, 1.807) is 0 Å². The summed E-state index contributed by atoms with van der Waals surface area (Å²) < 4.78 is 0. The standard InChI is InChI=1S/C19H37N3O/c20-14-8-2-1-5-11-18(23)21-17-19(12-6-3-7-13-19)22-15-9-4-10-16-22/h1-17,20H2,(H,21,23). The summed E-state index contributed by atoms with van der Waals surface area (Å²) in [4.78, 5) is 14.9. The second kappa shape index (κ2) is 10.3. The van der Waals surface area contributed by atoms with E-state index in [2.05, 4.69) is 10.2 Å². The Morgan fingerprint density at radius 1 is 0.913 bits per heavy atom. The maximum Gasteiger partial charge on any atom is 0.220 e. The fraction of sp³-hybridized carbons (Fsp3) is 0.947. The smallest absolute Gasteiger partial charge is 0.220 e. The molecule has 2 aliphatic rings. The van der Waals surface area contributed by atoms with Gasteiger partial charge in [-0.15, -0.1) is 0 Å². The normalized spacial score (nSPS) is 22.0. The minimum Gasteiger partial charge on any atom is -0.354 e. The molecule has 0 aromatic heterocycles. The predicted octanol–water partition coefficient (Wildman–Crippen LogP) is 3.20. The van der Waals surface area contributed by atoms with Crippen LogP contribution in [0, 0.1) is 0 Å². The zero-order valence-corrected chi connectivity index (χ0v) is 15.0. The van der Waals surface area contributed by atoms with E-state index in [9.17, 15) is 4.79 Å². The highest BCUT2D eigenvalue weighted by molar-refractivity contribution is 5.75. The number of unbranched alkanes of at least 4 members (excludes halogenated alkanes) is 3. The van der Waals surface area contributed by atoms with Crippen LogP contribution in [0.2, 0.25) is 0 Å². The number of hydrogen-bond donors (Lipinski definition) is 2. The molecule has 2 fully saturated rings. The van der Waals surface area contributed by atoms with Gasteiger partial charge in [-0.1, -0.05) is 38.5 Å². The maximum atomic E-state index is 12.2. The molecule has 0 atom stereocenters. The Labute approximate surface area is 142 Å². The molecule has 1 saturated heterocycles. The quantitative estimate of drug-likeness (QED) is 0.641. The third kappa shape index (κ3) is 6.07. The van der Waals surface area contributed by atoms with Crippen LogP contribution in [-0.2, 0) is 4.79 Å². The van der Waals surface area contributed by atoms with Crippen LogP contribution in [0.5, 0.6) is 0 Å². The topological polar surface area (TPSA) is 58.4 Å². The molecule has 2 rings (SSSR count). The minimum absolute atomic E-state index is 0.250. The van der Waals surface area contributed by atoms with Gasteiger partial charge in [-0.2, -0.15) is 0 Å². The van der Waals surface area contributed by atoms with E-state index in [1.165, 1.54) is 64.5 Å². The molecule has 134 valence electrons. The number of amides is 1. The van der Waals surface area contributed by atoms with Crippen LogP contribution >= 0.6 is 0 Å². The first-order valence-electron chi connectivity index (χ1n) is 9.99. The SMILES string of the molecule is NCCCCCCC(=O)NCC1(N2CCCCC2)CCCCC1. The number of likely N-dealkylation sites (tertiary alicyclic amines) is 1. The highest BCUT2D eigenvalue weighted by Crippen LogP contribution is 2.35. The van der Waals surface area contributed by atoms with Crippen molar-refractivity contribution in [2.24, 2.45) is 5.73 Å². The second-order valence-corrected chi connectivity index (χ2v) is 7.56. The van der Waals surface area contributed by atoms with Gasteiger partial charge in [0.15, 0.2) is 0 Å². The summed E-state index contributed by atoms with van der Waals surface area (Å²) in [6.45, 7) is 4.10. The van der Waals surface area contributed by atoms with E-state index in [4.69, 9.17) is 5.73 Å². The Balaban J connectivity index is 1.75. The van der Waals surface area contributed by atoms with Crippen molar-refractivity contribution in [1.29, 1.82) is 0 Å². The van der Waals surface area contributed by atoms with E-state index in [0.29, 0.717) is 6.42 Å². The van der Waals surface area contributed by atoms with Gasteiger partial charge in [-0.05, 0) is 58.2 Å². The molecular formula is C19H37N3O. The van der Waals surface area contributed by atoms with Crippen molar-refractivity contribution in [2.45, 2.75) is 89.0 Å². The molecule has 4 heteroatoms. The summed E-state index contributed by atoms with van der Waals surface area (Å²) in [5.74, 6) is 0.250. The molecule has 0 bridgehead atoms. The fourth-order valence-corrected chi connectivity index (χ4v) is 4.32. The molecule has 4 nitrogen and oxygen atoms in total. The van der Waals surface area contributed by atoms with Gasteiger partial charge < -0.3 is 11.1 Å². The number of piperidine rings is 1. The highest BCUT2D eigenvalue weighted by Gasteiger charge is 2.38. The first-order valence-corrected chi connectivity index (χ1v) is 9.99. The molecule has 1 amide bonds. The predicted molar refractivity (Wildman–Crippen MR) is 96.4 cm³/mol. The third-order valence-corrected chi connectivity index (χ3v) is 5.78. The summed E-state index contributed by atoms with van der Waals surface area (Å²) in [6, 6.07) is 0. The number of carbonyl (C=O) groups is 1. The summed E-state index contributed by atoms with van der Waals surface area (Å²) >= 11 is 0. The molecular weight excluding hydrogens is 286 g/mol.